The fourth-order valence-electron chi connectivity index (χ4n) is 4.94. The first kappa shape index (κ1) is 24.4. The van der Waals surface area contributed by atoms with E-state index in [4.69, 9.17) is 9.47 Å². The largest absolute Gasteiger partial charge is 0.496 e. The molecule has 0 heterocycles. The molecule has 4 atom stereocenters. The van der Waals surface area contributed by atoms with Crippen LogP contribution in [0.25, 0.3) is 0 Å². The minimum Gasteiger partial charge on any atom is -0.496 e. The van der Waals surface area contributed by atoms with Crippen molar-refractivity contribution in [2.24, 2.45) is 11.8 Å². The third kappa shape index (κ3) is 4.56. The van der Waals surface area contributed by atoms with Crippen LogP contribution in [0, 0.1) is 11.8 Å². The van der Waals surface area contributed by atoms with Crippen LogP contribution in [-0.2, 0) is 14.3 Å². The first-order chi connectivity index (χ1) is 14.0. The van der Waals surface area contributed by atoms with Crippen molar-refractivity contribution >= 4 is 11.8 Å². The molecule has 1 aromatic carbocycles. The van der Waals surface area contributed by atoms with Crippen LogP contribution in [0.15, 0.2) is 12.1 Å². The van der Waals surface area contributed by atoms with E-state index in [1.54, 1.807) is 21.0 Å². The van der Waals surface area contributed by atoms with Crippen molar-refractivity contribution in [2.75, 3.05) is 13.7 Å². The molecular formula is C25H38O5. The summed E-state index contributed by atoms with van der Waals surface area (Å²) in [6, 6.07) is 4.12. The maximum Gasteiger partial charge on any atom is 0.312 e. The van der Waals surface area contributed by atoms with Gasteiger partial charge in [0.1, 0.15) is 11.5 Å². The van der Waals surface area contributed by atoms with E-state index >= 15 is 0 Å². The Labute approximate surface area is 181 Å². The zero-order valence-electron chi connectivity index (χ0n) is 19.7. The van der Waals surface area contributed by atoms with Crippen molar-refractivity contribution in [3.05, 3.63) is 28.8 Å². The fourth-order valence-corrected chi connectivity index (χ4v) is 4.94. The molecule has 2 rings (SSSR count). The van der Waals surface area contributed by atoms with Gasteiger partial charge in [-0.15, -0.1) is 0 Å². The maximum atomic E-state index is 13.0. The number of hydrogen-bond donors (Lipinski definition) is 1. The molecular weight excluding hydrogens is 380 g/mol. The monoisotopic (exact) mass is 418 g/mol. The number of hydrogen-bond acceptors (Lipinski definition) is 5. The Kier molecular flexibility index (Phi) is 7.73. The number of methoxy groups -OCH3 is 1. The van der Waals surface area contributed by atoms with Crippen molar-refractivity contribution in [3.8, 4) is 5.75 Å². The number of rotatable bonds is 7. The molecule has 1 aliphatic rings. The van der Waals surface area contributed by atoms with Crippen LogP contribution in [-0.4, -0.2) is 36.2 Å². The molecule has 0 aromatic heterocycles. The minimum atomic E-state index is -1.45. The average molecular weight is 419 g/mol. The van der Waals surface area contributed by atoms with Crippen molar-refractivity contribution < 1.29 is 24.2 Å². The topological polar surface area (TPSA) is 72.8 Å². The maximum absolute atomic E-state index is 13.0. The lowest BCUT2D eigenvalue weighted by Crippen LogP contribution is -2.53. The van der Waals surface area contributed by atoms with Gasteiger partial charge >= 0.3 is 5.97 Å². The molecule has 0 bridgehead atoms. The smallest absolute Gasteiger partial charge is 0.312 e. The number of carbonyl (C=O) groups excluding carboxylic acids is 2. The van der Waals surface area contributed by atoms with Crippen molar-refractivity contribution in [3.63, 3.8) is 0 Å². The van der Waals surface area contributed by atoms with Gasteiger partial charge in [0.25, 0.3) is 0 Å². The van der Waals surface area contributed by atoms with E-state index in [2.05, 4.69) is 39.8 Å². The van der Waals surface area contributed by atoms with Crippen LogP contribution >= 0.6 is 0 Å². The van der Waals surface area contributed by atoms with Crippen molar-refractivity contribution in [1.29, 1.82) is 0 Å². The molecule has 1 aliphatic carbocycles. The molecule has 4 unspecified atom stereocenters. The number of benzene rings is 1. The van der Waals surface area contributed by atoms with Crippen LogP contribution in [0.4, 0.5) is 0 Å². The summed E-state index contributed by atoms with van der Waals surface area (Å²) in [6.07, 6.45) is 0.575. The van der Waals surface area contributed by atoms with Gasteiger partial charge in [0.2, 0.25) is 0 Å². The van der Waals surface area contributed by atoms with E-state index in [1.807, 2.05) is 6.92 Å². The molecule has 1 fully saturated rings. The second-order valence-electron chi connectivity index (χ2n) is 9.31. The summed E-state index contributed by atoms with van der Waals surface area (Å²) in [5.41, 5.74) is 1.55. The molecule has 0 amide bonds. The zero-order valence-corrected chi connectivity index (χ0v) is 19.7. The van der Waals surface area contributed by atoms with Crippen molar-refractivity contribution in [2.45, 2.75) is 84.7 Å². The molecule has 0 radical (unpaired) electrons. The molecule has 30 heavy (non-hydrogen) atoms. The van der Waals surface area contributed by atoms with Gasteiger partial charge in [-0.3, -0.25) is 9.59 Å². The zero-order chi connectivity index (χ0) is 22.8. The summed E-state index contributed by atoms with van der Waals surface area (Å²) in [4.78, 5) is 26.0. The van der Waals surface area contributed by atoms with E-state index in [0.717, 1.165) is 22.4 Å². The number of ether oxygens (including phenoxy) is 2. The number of aliphatic hydroxyl groups is 1. The van der Waals surface area contributed by atoms with E-state index in [1.165, 1.54) is 0 Å². The molecule has 1 N–H and O–H groups in total. The third-order valence-corrected chi connectivity index (χ3v) is 6.39. The lowest BCUT2D eigenvalue weighted by atomic mass is 9.60. The van der Waals surface area contributed by atoms with Crippen LogP contribution in [0.1, 0.15) is 95.8 Å². The normalized spacial score (nSPS) is 26.9. The predicted octanol–water partition coefficient (Wildman–Crippen LogP) is 4.95. The lowest BCUT2D eigenvalue weighted by Gasteiger charge is -2.44. The highest BCUT2D eigenvalue weighted by Crippen LogP contribution is 2.49. The number of esters is 1. The van der Waals surface area contributed by atoms with E-state index in [9.17, 15) is 14.7 Å². The summed E-state index contributed by atoms with van der Waals surface area (Å²) < 4.78 is 11.1. The van der Waals surface area contributed by atoms with E-state index in [0.29, 0.717) is 6.42 Å². The Morgan fingerprint density at radius 2 is 1.70 bits per heavy atom. The number of ketones is 1. The highest BCUT2D eigenvalue weighted by Gasteiger charge is 2.54. The summed E-state index contributed by atoms with van der Waals surface area (Å²) in [6.45, 7) is 14.0. The molecule has 0 spiro atoms. The Bertz CT molecular complexity index is 749. The van der Waals surface area contributed by atoms with Gasteiger partial charge in [0, 0.05) is 18.3 Å². The standard InChI is InChI=1S/C25H38O5/c1-9-17-20(26)13-25(7,28)22(24(27)30-10-2)21(17)16-11-18(14(3)4)23(29-8)19(12-16)15(5)6/h11-12,14-15,17,21-22,28H,9-10,13H2,1-8H3. The van der Waals surface area contributed by atoms with E-state index in [-0.39, 0.29) is 36.6 Å². The van der Waals surface area contributed by atoms with E-state index < -0.39 is 23.4 Å². The number of Topliss-reactive ketones (excluding diaryl/α,β-unsaturated/α-hetero) is 1. The summed E-state index contributed by atoms with van der Waals surface area (Å²) >= 11 is 0. The summed E-state index contributed by atoms with van der Waals surface area (Å²) in [7, 11) is 1.68. The van der Waals surface area contributed by atoms with Crippen LogP contribution in [0.2, 0.25) is 0 Å². The Morgan fingerprint density at radius 3 is 2.10 bits per heavy atom. The summed E-state index contributed by atoms with van der Waals surface area (Å²) in [5.74, 6) is -0.740. The Morgan fingerprint density at radius 1 is 1.17 bits per heavy atom. The molecule has 1 saturated carbocycles. The Balaban J connectivity index is 2.79. The van der Waals surface area contributed by atoms with Crippen LogP contribution in [0.3, 0.4) is 0 Å². The number of carbonyl (C=O) groups is 2. The fraction of sp³-hybridized carbons (Fsp3) is 0.680. The molecule has 0 aliphatic heterocycles. The third-order valence-electron chi connectivity index (χ3n) is 6.39. The summed E-state index contributed by atoms with van der Waals surface area (Å²) in [5, 5.41) is 11.2. The molecule has 0 saturated heterocycles. The molecule has 5 heteroatoms. The minimum absolute atomic E-state index is 0.000982. The van der Waals surface area contributed by atoms with Gasteiger partial charge in [0.15, 0.2) is 0 Å². The Hall–Kier alpha value is -1.88. The van der Waals surface area contributed by atoms with Gasteiger partial charge in [0.05, 0.1) is 25.2 Å². The van der Waals surface area contributed by atoms with Gasteiger partial charge in [-0.2, -0.15) is 0 Å². The predicted molar refractivity (Wildman–Crippen MR) is 118 cm³/mol. The molecule has 168 valence electrons. The molecule has 5 nitrogen and oxygen atoms in total. The lowest BCUT2D eigenvalue weighted by molar-refractivity contribution is -0.167. The second kappa shape index (κ2) is 9.51. The SMILES string of the molecule is CCOC(=O)C1C(c2cc(C(C)C)c(OC)c(C(C)C)c2)C(CC)C(=O)CC1(C)O. The van der Waals surface area contributed by atoms with Crippen LogP contribution in [0.5, 0.6) is 5.75 Å². The highest BCUT2D eigenvalue weighted by molar-refractivity contribution is 5.88. The van der Waals surface area contributed by atoms with Gasteiger partial charge in [-0.1, -0.05) is 46.8 Å². The van der Waals surface area contributed by atoms with Gasteiger partial charge < -0.3 is 14.6 Å². The first-order valence-electron chi connectivity index (χ1n) is 11.1. The second-order valence-corrected chi connectivity index (χ2v) is 9.31. The van der Waals surface area contributed by atoms with Crippen LogP contribution < -0.4 is 4.74 Å². The first-order valence-corrected chi connectivity index (χ1v) is 11.1. The molecule has 1 aromatic rings. The van der Waals surface area contributed by atoms with Gasteiger partial charge in [-0.25, -0.2) is 0 Å². The quantitative estimate of drug-likeness (QED) is 0.634. The van der Waals surface area contributed by atoms with Gasteiger partial charge in [-0.05, 0) is 48.8 Å². The average Bonchev–Trinajstić information content (AvgIpc) is 2.65. The van der Waals surface area contributed by atoms with Crippen molar-refractivity contribution in [1.82, 2.24) is 0 Å². The highest BCUT2D eigenvalue weighted by atomic mass is 16.5.